The molecule has 0 radical (unpaired) electrons. The van der Waals surface area contributed by atoms with Crippen LogP contribution >= 0.6 is 8.53 Å². The second-order valence-corrected chi connectivity index (χ2v) is 14.7. The molecule has 0 saturated carbocycles. The van der Waals surface area contributed by atoms with Crippen molar-refractivity contribution < 1.29 is 28.0 Å². The highest BCUT2D eigenvalue weighted by atomic mass is 31.2. The molecule has 278 valence electrons. The zero-order chi connectivity index (χ0) is 37.4. The first kappa shape index (κ1) is 38.3. The summed E-state index contributed by atoms with van der Waals surface area (Å²) >= 11 is 0. The first-order chi connectivity index (χ1) is 25.8. The van der Waals surface area contributed by atoms with Gasteiger partial charge < -0.3 is 28.0 Å². The van der Waals surface area contributed by atoms with Crippen molar-refractivity contribution in [2.24, 2.45) is 0 Å². The van der Waals surface area contributed by atoms with Gasteiger partial charge in [0.2, 0.25) is 0 Å². The summed E-state index contributed by atoms with van der Waals surface area (Å²) in [6.45, 7) is 8.89. The highest BCUT2D eigenvalue weighted by molar-refractivity contribution is 7.44. The highest BCUT2D eigenvalue weighted by Crippen LogP contribution is 2.51. The number of benzene rings is 3. The number of aromatic nitrogens is 4. The van der Waals surface area contributed by atoms with Crippen LogP contribution in [0, 0.1) is 11.3 Å². The molecule has 12 nitrogen and oxygen atoms in total. The number of nitrogens with zero attached hydrogens (tertiary/aromatic N) is 6. The third kappa shape index (κ3) is 8.36. The van der Waals surface area contributed by atoms with Gasteiger partial charge in [0.15, 0.2) is 5.65 Å². The Bertz CT molecular complexity index is 1880. The van der Waals surface area contributed by atoms with Gasteiger partial charge in [-0.2, -0.15) is 5.26 Å². The molecule has 0 aliphatic carbocycles. The number of imidazole rings is 1. The lowest BCUT2D eigenvalue weighted by molar-refractivity contribution is -0.0912. The Hall–Kier alpha value is -4.47. The van der Waals surface area contributed by atoms with Crippen LogP contribution < -0.4 is 9.47 Å². The van der Waals surface area contributed by atoms with Gasteiger partial charge in [-0.15, -0.1) is 0 Å². The minimum atomic E-state index is -1.58. The molecule has 3 aromatic carbocycles. The highest BCUT2D eigenvalue weighted by Gasteiger charge is 2.45. The van der Waals surface area contributed by atoms with Crippen LogP contribution in [0.3, 0.4) is 0 Å². The molecule has 5 aromatic rings. The summed E-state index contributed by atoms with van der Waals surface area (Å²) in [6.07, 6.45) is 4.22. The summed E-state index contributed by atoms with van der Waals surface area (Å²) in [5.74, 6) is 1.48. The number of fused-ring (bicyclic) bond motifs is 1. The lowest BCUT2D eigenvalue weighted by Crippen LogP contribution is -2.39. The van der Waals surface area contributed by atoms with Crippen LogP contribution in [0.2, 0.25) is 0 Å². The van der Waals surface area contributed by atoms with E-state index in [1.165, 1.54) is 6.33 Å². The molecule has 1 aliphatic heterocycles. The molecule has 1 aliphatic rings. The van der Waals surface area contributed by atoms with Gasteiger partial charge in [0.05, 0.1) is 58.6 Å². The Kier molecular flexibility index (Phi) is 12.7. The van der Waals surface area contributed by atoms with Gasteiger partial charge in [-0.1, -0.05) is 54.6 Å². The summed E-state index contributed by atoms with van der Waals surface area (Å²) in [7, 11) is 1.73. The van der Waals surface area contributed by atoms with E-state index in [0.717, 1.165) is 28.2 Å². The second-order valence-electron chi connectivity index (χ2n) is 13.3. The van der Waals surface area contributed by atoms with Crippen LogP contribution in [-0.2, 0) is 24.1 Å². The van der Waals surface area contributed by atoms with Gasteiger partial charge >= 0.3 is 0 Å². The molecule has 0 spiro atoms. The summed E-state index contributed by atoms with van der Waals surface area (Å²) in [5.41, 5.74) is 3.03. The average molecular weight is 739 g/mol. The molecule has 1 fully saturated rings. The van der Waals surface area contributed by atoms with Crippen LogP contribution in [0.4, 0.5) is 0 Å². The standard InChI is InChI=1S/C40H47N6O6P/c1-28(2)46(29(3)4)53(50-22-10-21-41)52-36-23-38(45-27-44-35-24-42-26-43-39(35)45)51-37(36)25-49-40(30-11-8-7-9-12-30,31-13-17-33(47-5)18-14-31)32-15-19-34(48-6)20-16-32/h7-9,11-20,24,26-29,36-38H,10,22-23,25H2,1-6H3/t36-,37+,38+,53?/m1/s1. The molecule has 1 unspecified atom stereocenters. The van der Waals surface area contributed by atoms with Gasteiger partial charge in [0.25, 0.3) is 8.53 Å². The molecule has 0 amide bonds. The first-order valence-corrected chi connectivity index (χ1v) is 18.9. The zero-order valence-corrected chi connectivity index (χ0v) is 31.9. The summed E-state index contributed by atoms with van der Waals surface area (Å²) in [5, 5.41) is 9.33. The van der Waals surface area contributed by atoms with Crippen LogP contribution in [-0.4, -0.2) is 75.9 Å². The fraction of sp³-hybridized carbons (Fsp3) is 0.400. The molecule has 6 rings (SSSR count). The molecular formula is C40H47N6O6P. The van der Waals surface area contributed by atoms with Crippen LogP contribution in [0.25, 0.3) is 11.2 Å². The number of methoxy groups -OCH3 is 2. The topological polar surface area (TPSA) is 126 Å². The zero-order valence-electron chi connectivity index (χ0n) is 31.0. The Balaban J connectivity index is 1.42. The fourth-order valence-electron chi connectivity index (χ4n) is 6.82. The van der Waals surface area contributed by atoms with E-state index in [4.69, 9.17) is 28.0 Å². The molecule has 0 bridgehead atoms. The Morgan fingerprint density at radius 1 is 0.906 bits per heavy atom. The Labute approximate surface area is 312 Å². The van der Waals surface area contributed by atoms with Crippen LogP contribution in [0.5, 0.6) is 11.5 Å². The quantitative estimate of drug-likeness (QED) is 0.0527. The molecule has 3 heterocycles. The van der Waals surface area contributed by atoms with E-state index < -0.39 is 32.6 Å². The second kappa shape index (κ2) is 17.6. The average Bonchev–Trinajstić information content (AvgIpc) is 3.79. The van der Waals surface area contributed by atoms with Crippen molar-refractivity contribution >= 4 is 19.7 Å². The lowest BCUT2D eigenvalue weighted by atomic mass is 9.80. The van der Waals surface area contributed by atoms with E-state index in [1.54, 1.807) is 26.7 Å². The van der Waals surface area contributed by atoms with Crippen molar-refractivity contribution in [3.63, 3.8) is 0 Å². The molecule has 53 heavy (non-hydrogen) atoms. The monoisotopic (exact) mass is 738 g/mol. The molecule has 2 aromatic heterocycles. The van der Waals surface area contributed by atoms with Crippen molar-refractivity contribution in [1.29, 1.82) is 5.26 Å². The van der Waals surface area contributed by atoms with Crippen molar-refractivity contribution in [3.8, 4) is 17.6 Å². The lowest BCUT2D eigenvalue weighted by Gasteiger charge is -2.39. The molecular weight excluding hydrogens is 691 g/mol. The van der Waals surface area contributed by atoms with Crippen molar-refractivity contribution in [1.82, 2.24) is 24.2 Å². The molecule has 4 atom stereocenters. The summed E-state index contributed by atoms with van der Waals surface area (Å²) < 4.78 is 42.8. The molecule has 13 heteroatoms. The summed E-state index contributed by atoms with van der Waals surface area (Å²) in [4.78, 5) is 13.2. The number of hydrogen-bond acceptors (Lipinski definition) is 11. The van der Waals surface area contributed by atoms with E-state index >= 15 is 0 Å². The van der Waals surface area contributed by atoms with Crippen molar-refractivity contribution in [3.05, 3.63) is 114 Å². The van der Waals surface area contributed by atoms with Gasteiger partial charge in [-0.25, -0.2) is 19.6 Å². The number of hydrogen-bond donors (Lipinski definition) is 0. The van der Waals surface area contributed by atoms with Crippen LogP contribution in [0.1, 0.15) is 63.5 Å². The van der Waals surface area contributed by atoms with Gasteiger partial charge in [-0.3, -0.25) is 4.57 Å². The third-order valence-electron chi connectivity index (χ3n) is 9.25. The predicted octanol–water partition coefficient (Wildman–Crippen LogP) is 7.80. The maximum Gasteiger partial charge on any atom is 0.259 e. The van der Waals surface area contributed by atoms with Gasteiger partial charge in [0, 0.05) is 18.5 Å². The fourth-order valence-corrected chi connectivity index (χ4v) is 8.58. The van der Waals surface area contributed by atoms with Crippen molar-refractivity contribution in [2.75, 3.05) is 27.4 Å². The Morgan fingerprint density at radius 3 is 2.11 bits per heavy atom. The predicted molar refractivity (Wildman–Crippen MR) is 202 cm³/mol. The van der Waals surface area contributed by atoms with E-state index in [9.17, 15) is 5.26 Å². The largest absolute Gasteiger partial charge is 0.497 e. The normalized spacial score (nSPS) is 18.2. The Morgan fingerprint density at radius 2 is 1.53 bits per heavy atom. The van der Waals surface area contributed by atoms with Gasteiger partial charge in [-0.05, 0) is 68.7 Å². The van der Waals surface area contributed by atoms with E-state index in [0.29, 0.717) is 17.6 Å². The number of nitriles is 1. The number of ether oxygens (including phenoxy) is 4. The minimum absolute atomic E-state index is 0.126. The maximum absolute atomic E-state index is 9.33. The van der Waals surface area contributed by atoms with Crippen molar-refractivity contribution in [2.45, 2.75) is 76.7 Å². The molecule has 0 N–H and O–H groups in total. The first-order valence-electron chi connectivity index (χ1n) is 17.8. The maximum atomic E-state index is 9.33. The SMILES string of the molecule is COc1ccc(C(OC[C@@H]2O[C@H](n3cnc4cncnc43)C[C@H]2OP(OCCC#N)N(C(C)C)C(C)C)(c2ccccc2)c2ccc(OC)cc2)cc1. The molecule has 1 saturated heterocycles. The smallest absolute Gasteiger partial charge is 0.259 e. The summed E-state index contributed by atoms with van der Waals surface area (Å²) in [6, 6.07) is 28.5. The van der Waals surface area contributed by atoms with Gasteiger partial charge in [0.1, 0.15) is 41.3 Å². The van der Waals surface area contributed by atoms with Crippen LogP contribution in [0.15, 0.2) is 97.7 Å². The van der Waals surface area contributed by atoms with E-state index in [1.807, 2.05) is 71.3 Å². The van der Waals surface area contributed by atoms with E-state index in [-0.39, 0.29) is 31.7 Å². The number of rotatable bonds is 17. The minimum Gasteiger partial charge on any atom is -0.497 e. The third-order valence-corrected chi connectivity index (χ3v) is 11.4. The van der Waals surface area contributed by atoms with E-state index in [2.05, 4.69) is 65.5 Å².